The second-order valence-corrected chi connectivity index (χ2v) is 6.61. The van der Waals surface area contributed by atoms with Crippen LogP contribution >= 0.6 is 23.4 Å². The smallest absolute Gasteiger partial charge is 0.316 e. The van der Waals surface area contributed by atoms with Crippen LogP contribution in [-0.4, -0.2) is 34.5 Å². The van der Waals surface area contributed by atoms with Crippen LogP contribution < -0.4 is 5.32 Å². The van der Waals surface area contributed by atoms with E-state index in [4.69, 9.17) is 16.7 Å². The third kappa shape index (κ3) is 6.87. The number of hydrogen-bond acceptors (Lipinski definition) is 3. The summed E-state index contributed by atoms with van der Waals surface area (Å²) in [6.07, 6.45) is 0.698. The molecule has 0 radical (unpaired) electrons. The lowest BCUT2D eigenvalue weighted by molar-refractivity contribution is -0.137. The van der Waals surface area contributed by atoms with Gasteiger partial charge in [-0.05, 0) is 30.0 Å². The van der Waals surface area contributed by atoms with Crippen molar-refractivity contribution in [3.63, 3.8) is 0 Å². The highest BCUT2D eigenvalue weighted by atomic mass is 35.5. The summed E-state index contributed by atoms with van der Waals surface area (Å²) in [7, 11) is 0. The Bertz CT molecular complexity index is 494. The van der Waals surface area contributed by atoms with Crippen LogP contribution in [0.2, 0.25) is 5.02 Å². The second-order valence-electron chi connectivity index (χ2n) is 5.04. The Morgan fingerprint density at radius 3 is 2.67 bits per heavy atom. The molecule has 0 spiro atoms. The van der Waals surface area contributed by atoms with Crippen LogP contribution in [0.4, 0.5) is 0 Å². The number of halogens is 1. The first-order chi connectivity index (χ1) is 9.90. The first kappa shape index (κ1) is 17.9. The molecule has 0 bridgehead atoms. The van der Waals surface area contributed by atoms with E-state index in [1.165, 1.54) is 0 Å². The molecular formula is C15H20ClNO3S. The molecule has 0 aromatic heterocycles. The normalized spacial score (nSPS) is 12.2. The van der Waals surface area contributed by atoms with E-state index in [2.05, 4.69) is 5.32 Å². The van der Waals surface area contributed by atoms with Gasteiger partial charge in [-0.25, -0.2) is 0 Å². The number of carbonyl (C=O) groups is 2. The third-order valence-corrected chi connectivity index (χ3v) is 4.64. The van der Waals surface area contributed by atoms with E-state index in [0.717, 1.165) is 17.3 Å². The number of rotatable bonds is 8. The van der Waals surface area contributed by atoms with Crippen molar-refractivity contribution in [2.45, 2.75) is 25.5 Å². The van der Waals surface area contributed by atoms with Crippen molar-refractivity contribution >= 4 is 35.2 Å². The molecule has 1 aromatic rings. The highest BCUT2D eigenvalue weighted by Crippen LogP contribution is 2.19. The van der Waals surface area contributed by atoms with Crippen LogP contribution in [0, 0.1) is 5.92 Å². The lowest BCUT2D eigenvalue weighted by atomic mass is 10.1. The summed E-state index contributed by atoms with van der Waals surface area (Å²) in [6, 6.07) is 7.49. The maximum atomic E-state index is 11.7. The lowest BCUT2D eigenvalue weighted by Gasteiger charge is -2.15. The van der Waals surface area contributed by atoms with E-state index in [9.17, 15) is 9.59 Å². The lowest BCUT2D eigenvalue weighted by Crippen LogP contribution is -2.30. The Morgan fingerprint density at radius 1 is 1.38 bits per heavy atom. The van der Waals surface area contributed by atoms with Crippen molar-refractivity contribution in [1.29, 1.82) is 0 Å². The average Bonchev–Trinajstić information content (AvgIpc) is 2.38. The molecule has 0 heterocycles. The predicted molar refractivity (Wildman–Crippen MR) is 86.9 cm³/mol. The van der Waals surface area contributed by atoms with Crippen LogP contribution in [-0.2, 0) is 16.0 Å². The SMILES string of the molecule is CC(C)C(SCC(=O)NCCc1cccc(Cl)c1)C(=O)O. The molecule has 0 saturated heterocycles. The van der Waals surface area contributed by atoms with E-state index >= 15 is 0 Å². The van der Waals surface area contributed by atoms with Gasteiger partial charge in [0, 0.05) is 11.6 Å². The van der Waals surface area contributed by atoms with Gasteiger partial charge >= 0.3 is 5.97 Å². The number of thioether (sulfide) groups is 1. The monoisotopic (exact) mass is 329 g/mol. The van der Waals surface area contributed by atoms with E-state index < -0.39 is 11.2 Å². The Balaban J connectivity index is 2.29. The van der Waals surface area contributed by atoms with Crippen LogP contribution in [0.1, 0.15) is 19.4 Å². The fourth-order valence-electron chi connectivity index (χ4n) is 1.80. The van der Waals surface area contributed by atoms with E-state index in [1.54, 1.807) is 6.07 Å². The highest BCUT2D eigenvalue weighted by Gasteiger charge is 2.22. The number of benzene rings is 1. The molecule has 0 aliphatic carbocycles. The summed E-state index contributed by atoms with van der Waals surface area (Å²) < 4.78 is 0. The van der Waals surface area contributed by atoms with Crippen molar-refractivity contribution in [3.8, 4) is 0 Å². The standard InChI is InChI=1S/C15H20ClNO3S/c1-10(2)14(15(19)20)21-9-13(18)17-7-6-11-4-3-5-12(16)8-11/h3-5,8,10,14H,6-7,9H2,1-2H3,(H,17,18)(H,19,20). The fourth-order valence-corrected chi connectivity index (χ4v) is 2.98. The zero-order chi connectivity index (χ0) is 15.8. The fraction of sp³-hybridized carbons (Fsp3) is 0.467. The molecule has 0 fully saturated rings. The van der Waals surface area contributed by atoms with Crippen LogP contribution in [0.25, 0.3) is 0 Å². The summed E-state index contributed by atoms with van der Waals surface area (Å²) in [6.45, 7) is 4.19. The molecule has 116 valence electrons. The Labute approximate surface area is 134 Å². The second kappa shape index (κ2) is 8.95. The molecule has 4 nitrogen and oxygen atoms in total. The zero-order valence-corrected chi connectivity index (χ0v) is 13.7. The topological polar surface area (TPSA) is 66.4 Å². The van der Waals surface area contributed by atoms with Crippen molar-refractivity contribution in [3.05, 3.63) is 34.9 Å². The Kier molecular flexibility index (Phi) is 7.61. The number of aliphatic carboxylic acids is 1. The number of amides is 1. The first-order valence-corrected chi connectivity index (χ1v) is 8.18. The zero-order valence-electron chi connectivity index (χ0n) is 12.1. The number of carbonyl (C=O) groups excluding carboxylic acids is 1. The maximum Gasteiger partial charge on any atom is 0.316 e. The highest BCUT2D eigenvalue weighted by molar-refractivity contribution is 8.01. The maximum absolute atomic E-state index is 11.7. The van der Waals surface area contributed by atoms with Gasteiger partial charge in [-0.15, -0.1) is 11.8 Å². The van der Waals surface area contributed by atoms with Gasteiger partial charge < -0.3 is 10.4 Å². The summed E-state index contributed by atoms with van der Waals surface area (Å²) in [5, 5.41) is 12.0. The molecule has 0 aliphatic heterocycles. The van der Waals surface area contributed by atoms with Gasteiger partial charge in [0.25, 0.3) is 0 Å². The quantitative estimate of drug-likeness (QED) is 0.769. The molecule has 1 rings (SSSR count). The van der Waals surface area contributed by atoms with Crippen molar-refractivity contribution in [1.82, 2.24) is 5.32 Å². The van der Waals surface area contributed by atoms with Crippen molar-refractivity contribution in [2.75, 3.05) is 12.3 Å². The third-order valence-electron chi connectivity index (χ3n) is 2.87. The molecule has 21 heavy (non-hydrogen) atoms. The van der Waals surface area contributed by atoms with Gasteiger partial charge in [0.1, 0.15) is 5.25 Å². The predicted octanol–water partition coefficient (Wildman–Crippen LogP) is 2.84. The van der Waals surface area contributed by atoms with Crippen molar-refractivity contribution < 1.29 is 14.7 Å². The molecule has 1 atom stereocenters. The minimum absolute atomic E-state index is 0.00763. The molecule has 0 saturated carbocycles. The number of hydrogen-bond donors (Lipinski definition) is 2. The van der Waals surface area contributed by atoms with Gasteiger partial charge in [-0.1, -0.05) is 37.6 Å². The minimum Gasteiger partial charge on any atom is -0.480 e. The molecule has 6 heteroatoms. The molecule has 1 aromatic carbocycles. The molecule has 1 amide bonds. The summed E-state index contributed by atoms with van der Waals surface area (Å²) in [5.41, 5.74) is 1.06. The van der Waals surface area contributed by atoms with E-state index in [0.29, 0.717) is 18.0 Å². The van der Waals surface area contributed by atoms with Crippen LogP contribution in [0.15, 0.2) is 24.3 Å². The number of carboxylic acids is 1. The van der Waals surface area contributed by atoms with Crippen LogP contribution in [0.3, 0.4) is 0 Å². The van der Waals surface area contributed by atoms with Gasteiger partial charge in [0.15, 0.2) is 0 Å². The van der Waals surface area contributed by atoms with Crippen LogP contribution in [0.5, 0.6) is 0 Å². The molecule has 2 N–H and O–H groups in total. The van der Waals surface area contributed by atoms with E-state index in [-0.39, 0.29) is 17.6 Å². The van der Waals surface area contributed by atoms with Gasteiger partial charge in [-0.2, -0.15) is 0 Å². The Morgan fingerprint density at radius 2 is 2.10 bits per heavy atom. The summed E-state index contributed by atoms with van der Waals surface area (Å²) in [5.74, 6) is -0.868. The Hall–Kier alpha value is -1.20. The van der Waals surface area contributed by atoms with Gasteiger partial charge in [-0.3, -0.25) is 9.59 Å². The number of nitrogens with one attached hydrogen (secondary N) is 1. The van der Waals surface area contributed by atoms with Gasteiger partial charge in [0.05, 0.1) is 5.75 Å². The molecule has 1 unspecified atom stereocenters. The van der Waals surface area contributed by atoms with Gasteiger partial charge in [0.2, 0.25) is 5.91 Å². The summed E-state index contributed by atoms with van der Waals surface area (Å²) >= 11 is 7.05. The largest absolute Gasteiger partial charge is 0.480 e. The first-order valence-electron chi connectivity index (χ1n) is 6.75. The van der Waals surface area contributed by atoms with E-state index in [1.807, 2.05) is 32.0 Å². The molecule has 0 aliphatic rings. The number of carboxylic acid groups (broad SMARTS) is 1. The summed E-state index contributed by atoms with van der Waals surface area (Å²) in [4.78, 5) is 22.7. The minimum atomic E-state index is -0.873. The van der Waals surface area contributed by atoms with Crippen molar-refractivity contribution in [2.24, 2.45) is 5.92 Å². The average molecular weight is 330 g/mol. The molecular weight excluding hydrogens is 310 g/mol.